The number of aliphatic imine (C=N–C) groups is 1. The molecule has 3 aliphatic rings. The van der Waals surface area contributed by atoms with E-state index in [4.69, 9.17) is 9.73 Å². The van der Waals surface area contributed by atoms with Crippen molar-refractivity contribution in [3.05, 3.63) is 109 Å². The summed E-state index contributed by atoms with van der Waals surface area (Å²) < 4.78 is 5.29. The van der Waals surface area contributed by atoms with E-state index in [9.17, 15) is 14.9 Å². The zero-order valence-corrected chi connectivity index (χ0v) is 20.2. The standard InChI is InChI=1S/C20H21N4O4.C5H5.Fe/c1-4-28-19(25)16-17(13-7-5-6-8-13)21-20(23(2)3)22-18(16)14-9-11-15(12-10-14)24(26)27;1-2-4-5-3-1;/h5-12,17H,4H2,1-3H3,(H,21,22);1-5H;/q;;+2. The van der Waals surface area contributed by atoms with Crippen LogP contribution in [0.5, 0.6) is 0 Å². The minimum atomic E-state index is -0.544. The zero-order chi connectivity index (χ0) is 23.8. The predicted molar refractivity (Wildman–Crippen MR) is 127 cm³/mol. The number of hydrogen-bond acceptors (Lipinski definition) is 7. The number of hydrogen-bond donors (Lipinski definition) is 1. The van der Waals surface area contributed by atoms with Gasteiger partial charge >= 0.3 is 23.0 Å². The molecule has 1 N–H and O–H groups in total. The molecule has 0 amide bonds. The molecular formula is C25H26FeN4O4+2. The minimum Gasteiger partial charge on any atom is -0.463 e. The second-order valence-corrected chi connectivity index (χ2v) is 7.37. The fraction of sp³-hybridized carbons (Fsp3) is 0.200. The minimum absolute atomic E-state index is 0. The predicted octanol–water partition coefficient (Wildman–Crippen LogP) is 3.18. The van der Waals surface area contributed by atoms with Gasteiger partial charge in [0.25, 0.3) is 5.69 Å². The Bertz CT molecular complexity index is 881. The topological polar surface area (TPSA) is 97.1 Å². The third kappa shape index (κ3) is 7.06. The second-order valence-electron chi connectivity index (χ2n) is 7.37. The normalized spacial score (nSPS) is 19.9. The number of non-ortho nitro benzene ring substituents is 1. The Morgan fingerprint density at radius 3 is 2.09 bits per heavy atom. The van der Waals surface area contributed by atoms with E-state index in [-0.39, 0.29) is 29.4 Å². The van der Waals surface area contributed by atoms with E-state index in [0.29, 0.717) is 22.8 Å². The third-order valence-electron chi connectivity index (χ3n) is 4.88. The van der Waals surface area contributed by atoms with Crippen molar-refractivity contribution in [1.29, 1.82) is 0 Å². The van der Waals surface area contributed by atoms with E-state index in [1.165, 1.54) is 12.1 Å². The monoisotopic (exact) mass is 502 g/mol. The summed E-state index contributed by atoms with van der Waals surface area (Å²) in [7, 11) is 3.69. The van der Waals surface area contributed by atoms with E-state index < -0.39 is 16.9 Å². The Kier molecular flexibility index (Phi) is 11.1. The van der Waals surface area contributed by atoms with Crippen molar-refractivity contribution < 1.29 is 31.5 Å². The molecule has 34 heavy (non-hydrogen) atoms. The molecular weight excluding hydrogens is 476 g/mol. The fourth-order valence-electron chi connectivity index (χ4n) is 3.30. The van der Waals surface area contributed by atoms with E-state index in [1.807, 2.05) is 76.8 Å². The molecule has 1 unspecified atom stereocenters. The average Bonchev–Trinajstić information content (AvgIpc) is 3.55. The molecule has 2 fully saturated rings. The number of guanidine groups is 1. The Balaban J connectivity index is 0.000000603. The largest absolute Gasteiger partial charge is 2.00 e. The Morgan fingerprint density at radius 2 is 1.62 bits per heavy atom. The molecule has 0 bridgehead atoms. The number of benzene rings is 1. The number of nitrogens with zero attached hydrogens (tertiary/aromatic N) is 3. The summed E-state index contributed by atoms with van der Waals surface area (Å²) in [6, 6.07) is 5.50. The maximum Gasteiger partial charge on any atom is 2.00 e. The summed E-state index contributed by atoms with van der Waals surface area (Å²) in [6.45, 7) is 1.97. The molecule has 1 aromatic carbocycles. The smallest absolute Gasteiger partial charge is 0.463 e. The first-order chi connectivity index (χ1) is 15.9. The van der Waals surface area contributed by atoms with Crippen molar-refractivity contribution in [2.45, 2.75) is 13.0 Å². The first-order valence-corrected chi connectivity index (χ1v) is 10.5. The first-order valence-electron chi connectivity index (χ1n) is 10.5. The van der Waals surface area contributed by atoms with Crippen molar-refractivity contribution in [2.75, 3.05) is 20.7 Å². The number of esters is 1. The van der Waals surface area contributed by atoms with Crippen LogP contribution in [0.2, 0.25) is 0 Å². The molecule has 9 heteroatoms. The molecule has 10 radical (unpaired) electrons. The SMILES string of the molecule is CCOC(=O)C1=C(c2ccc([N+](=O)[O-])cc2)NC(N(C)C)=NC1[C]1[CH][CH][CH][CH]1.[CH]1[CH][CH][CH][CH]1.[Fe+2]. The van der Waals surface area contributed by atoms with Gasteiger partial charge in [-0.3, -0.25) is 10.1 Å². The van der Waals surface area contributed by atoms with Crippen LogP contribution in [0.1, 0.15) is 12.5 Å². The summed E-state index contributed by atoms with van der Waals surface area (Å²) in [5.41, 5.74) is 1.51. The maximum absolute atomic E-state index is 12.8. The number of ether oxygens (including phenoxy) is 1. The summed E-state index contributed by atoms with van der Waals surface area (Å²) in [6.07, 6.45) is 17.6. The zero-order valence-electron chi connectivity index (χ0n) is 19.1. The molecule has 2 aliphatic carbocycles. The molecule has 1 aromatic rings. The van der Waals surface area contributed by atoms with E-state index in [1.54, 1.807) is 19.1 Å². The third-order valence-corrected chi connectivity index (χ3v) is 4.88. The van der Waals surface area contributed by atoms with E-state index in [2.05, 4.69) is 5.32 Å². The van der Waals surface area contributed by atoms with Crippen molar-refractivity contribution in [3.63, 3.8) is 0 Å². The van der Waals surface area contributed by atoms with Crippen LogP contribution in [0.4, 0.5) is 5.69 Å². The van der Waals surface area contributed by atoms with Crippen LogP contribution in [0.15, 0.2) is 34.8 Å². The summed E-state index contributed by atoms with van der Waals surface area (Å²) in [5, 5.41) is 14.2. The van der Waals surface area contributed by atoms with Gasteiger partial charge in [-0.1, -0.05) is 0 Å². The van der Waals surface area contributed by atoms with Crippen molar-refractivity contribution in [2.24, 2.45) is 4.99 Å². The summed E-state index contributed by atoms with van der Waals surface area (Å²) >= 11 is 0. The van der Waals surface area contributed by atoms with Crippen molar-refractivity contribution >= 4 is 23.3 Å². The molecule has 1 atom stereocenters. The average molecular weight is 502 g/mol. The van der Waals surface area contributed by atoms with Gasteiger partial charge in [0.2, 0.25) is 0 Å². The molecule has 8 nitrogen and oxygen atoms in total. The maximum atomic E-state index is 12.8. The molecule has 0 saturated heterocycles. The number of rotatable bonds is 5. The molecule has 1 aliphatic heterocycles. The molecule has 4 rings (SSSR count). The molecule has 1 heterocycles. The van der Waals surface area contributed by atoms with Crippen molar-refractivity contribution in [1.82, 2.24) is 10.2 Å². The first kappa shape index (κ1) is 27.9. The number of carbonyl (C=O) groups is 1. The molecule has 0 spiro atoms. The van der Waals surface area contributed by atoms with Gasteiger partial charge < -0.3 is 15.0 Å². The quantitative estimate of drug-likeness (QED) is 0.288. The van der Waals surface area contributed by atoms with E-state index in [0.717, 1.165) is 5.92 Å². The Labute approximate surface area is 212 Å². The van der Waals surface area contributed by atoms with Gasteiger partial charge in [-0.05, 0) is 82.4 Å². The van der Waals surface area contributed by atoms with Crippen LogP contribution < -0.4 is 5.32 Å². The van der Waals surface area contributed by atoms with Crippen molar-refractivity contribution in [3.8, 4) is 0 Å². The van der Waals surface area contributed by atoms with Gasteiger partial charge in [0.1, 0.15) is 0 Å². The number of nitro benzene ring substituents is 1. The molecule has 2 saturated carbocycles. The number of carbonyl (C=O) groups excluding carboxylic acids is 1. The number of nitro groups is 1. The van der Waals surface area contributed by atoms with Gasteiger partial charge in [-0.2, -0.15) is 0 Å². The number of nitrogens with one attached hydrogen (secondary N) is 1. The van der Waals surface area contributed by atoms with Gasteiger partial charge in [0, 0.05) is 32.1 Å². The van der Waals surface area contributed by atoms with Gasteiger partial charge in [-0.25, -0.2) is 9.79 Å². The summed E-state index contributed by atoms with van der Waals surface area (Å²) in [4.78, 5) is 29.8. The van der Waals surface area contributed by atoms with Gasteiger partial charge in [0.05, 0.1) is 28.8 Å². The molecule has 0 aromatic heterocycles. The van der Waals surface area contributed by atoms with Gasteiger partial charge in [0.15, 0.2) is 5.96 Å². The van der Waals surface area contributed by atoms with Gasteiger partial charge in [-0.15, -0.1) is 0 Å². The Morgan fingerprint density at radius 1 is 1.06 bits per heavy atom. The van der Waals surface area contributed by atoms with Crippen LogP contribution in [-0.4, -0.2) is 48.5 Å². The second kappa shape index (κ2) is 13.5. The fourth-order valence-corrected chi connectivity index (χ4v) is 3.30. The summed E-state index contributed by atoms with van der Waals surface area (Å²) in [5.74, 6) is 0.965. The van der Waals surface area contributed by atoms with Crippen LogP contribution >= 0.6 is 0 Å². The van der Waals surface area contributed by atoms with Crippen LogP contribution in [0, 0.1) is 73.8 Å². The Hall–Kier alpha value is -2.38. The van der Waals surface area contributed by atoms with E-state index >= 15 is 0 Å². The van der Waals surface area contributed by atoms with Crippen LogP contribution in [0.3, 0.4) is 0 Å². The molecule has 176 valence electrons. The van der Waals surface area contributed by atoms with Crippen LogP contribution in [0.25, 0.3) is 5.70 Å². The van der Waals surface area contributed by atoms with Crippen LogP contribution in [-0.2, 0) is 26.6 Å².